The topological polar surface area (TPSA) is 182 Å². The first kappa shape index (κ1) is 47.6. The summed E-state index contributed by atoms with van der Waals surface area (Å²) in [5, 5.41) is -0.0486. The van der Waals surface area contributed by atoms with Gasteiger partial charge in [0, 0.05) is 56.5 Å². The summed E-state index contributed by atoms with van der Waals surface area (Å²) in [6, 6.07) is 45.8. The molecule has 2 aliphatic heterocycles. The average molecular weight is 961 g/mol. The van der Waals surface area contributed by atoms with E-state index < -0.39 is 72.2 Å². The van der Waals surface area contributed by atoms with E-state index in [1.54, 1.807) is 30.3 Å². The molecule has 5 atom stereocenters. The Kier molecular flexibility index (Phi) is 13.9. The van der Waals surface area contributed by atoms with E-state index in [1.165, 1.54) is 6.92 Å². The van der Waals surface area contributed by atoms with Crippen molar-refractivity contribution in [3.8, 4) is 34.3 Å². The number of fused-ring (bicyclic) bond motifs is 2. The number of carbonyl (C=O) groups excluding carboxylic acids is 4. The summed E-state index contributed by atoms with van der Waals surface area (Å²) < 4.78 is 62.7. The number of ether oxygens (including phenoxy) is 9. The van der Waals surface area contributed by atoms with Gasteiger partial charge in [0.25, 0.3) is 0 Å². The molecule has 0 saturated carbocycles. The van der Waals surface area contributed by atoms with Crippen LogP contribution in [0, 0.1) is 0 Å². The Morgan fingerprint density at radius 2 is 1.10 bits per heavy atom. The molecule has 0 aliphatic carbocycles. The van der Waals surface area contributed by atoms with Crippen molar-refractivity contribution < 1.29 is 66.2 Å². The van der Waals surface area contributed by atoms with Crippen molar-refractivity contribution in [1.82, 2.24) is 0 Å². The zero-order valence-corrected chi connectivity index (χ0v) is 39.1. The van der Waals surface area contributed by atoms with Crippen molar-refractivity contribution in [3.05, 3.63) is 190 Å². The molecule has 2 aliphatic rings. The van der Waals surface area contributed by atoms with Crippen LogP contribution in [0.4, 0.5) is 0 Å². The lowest BCUT2D eigenvalue weighted by atomic mass is 9.88. The minimum atomic E-state index is -1.67. The molecule has 9 rings (SSSR count). The van der Waals surface area contributed by atoms with E-state index in [2.05, 4.69) is 0 Å². The highest BCUT2D eigenvalue weighted by Crippen LogP contribution is 2.50. The van der Waals surface area contributed by atoms with Crippen LogP contribution in [0.25, 0.3) is 22.3 Å². The van der Waals surface area contributed by atoms with Gasteiger partial charge in [-0.2, -0.15) is 0 Å². The number of hydrogen-bond donors (Lipinski definition) is 0. The first-order chi connectivity index (χ1) is 34.4. The second-order valence-corrected chi connectivity index (χ2v) is 16.9. The fraction of sp³-hybridized carbons (Fsp3) is 0.232. The molecule has 0 spiro atoms. The predicted octanol–water partition coefficient (Wildman–Crippen LogP) is 9.09. The van der Waals surface area contributed by atoms with Gasteiger partial charge in [-0.05, 0) is 29.3 Å². The largest absolute Gasteiger partial charge is 0.489 e. The molecule has 0 amide bonds. The maximum Gasteiger partial charge on any atom is 0.305 e. The van der Waals surface area contributed by atoms with E-state index in [0.717, 1.165) is 31.9 Å². The van der Waals surface area contributed by atoms with Crippen molar-refractivity contribution in [2.45, 2.75) is 77.2 Å². The van der Waals surface area contributed by atoms with Crippen molar-refractivity contribution in [2.75, 3.05) is 6.61 Å². The van der Waals surface area contributed by atoms with Crippen LogP contribution < -0.4 is 24.4 Å². The Hall–Kier alpha value is -8.43. The fourth-order valence-corrected chi connectivity index (χ4v) is 8.74. The van der Waals surface area contributed by atoms with Crippen molar-refractivity contribution in [3.63, 3.8) is 0 Å². The summed E-state index contributed by atoms with van der Waals surface area (Å²) in [4.78, 5) is 67.0. The Morgan fingerprint density at radius 3 is 1.68 bits per heavy atom. The Balaban J connectivity index is 1.28. The highest BCUT2D eigenvalue weighted by atomic mass is 16.7. The van der Waals surface area contributed by atoms with Crippen LogP contribution in [0.1, 0.15) is 61.6 Å². The average Bonchev–Trinajstić information content (AvgIpc) is 3.77. The molecule has 15 heteroatoms. The molecule has 71 heavy (non-hydrogen) atoms. The molecule has 1 aromatic heterocycles. The third kappa shape index (κ3) is 10.3. The third-order valence-corrected chi connectivity index (χ3v) is 11.7. The van der Waals surface area contributed by atoms with Crippen LogP contribution >= 0.6 is 0 Å². The third-order valence-electron chi connectivity index (χ3n) is 11.7. The molecular formula is C56H48O15. The first-order valence-corrected chi connectivity index (χ1v) is 22.8. The molecule has 1 saturated heterocycles. The zero-order valence-electron chi connectivity index (χ0n) is 39.1. The number of carbonyl (C=O) groups is 4. The SMILES string of the molecule is CC(=O)OC[C@H]1OC(c2c(-c3ccc4c(c3)OC(c3ccccc3)(c3ccccc3)O4)oc3cc(OCc4ccccc4)cc(OCc4ccccc4)c3c2=O)[C@H](OC(C)=O)[C@@H](OC(C)=O)[C@@H]1OC(C)=O. The van der Waals surface area contributed by atoms with Crippen molar-refractivity contribution in [2.24, 2.45) is 0 Å². The quantitative estimate of drug-likeness (QED) is 0.0700. The molecule has 0 N–H and O–H groups in total. The highest BCUT2D eigenvalue weighted by Gasteiger charge is 2.54. The molecule has 0 bridgehead atoms. The highest BCUT2D eigenvalue weighted by molar-refractivity contribution is 5.88. The molecule has 6 aromatic carbocycles. The monoisotopic (exact) mass is 960 g/mol. The molecule has 0 radical (unpaired) electrons. The van der Waals surface area contributed by atoms with Crippen LogP contribution in [0.5, 0.6) is 23.0 Å². The smallest absolute Gasteiger partial charge is 0.305 e. The minimum absolute atomic E-state index is 0.0282. The molecular weight excluding hydrogens is 913 g/mol. The first-order valence-electron chi connectivity index (χ1n) is 22.8. The van der Waals surface area contributed by atoms with Crippen LogP contribution in [-0.2, 0) is 61.9 Å². The maximum absolute atomic E-state index is 15.9. The van der Waals surface area contributed by atoms with E-state index in [1.807, 2.05) is 121 Å². The van der Waals surface area contributed by atoms with E-state index in [-0.39, 0.29) is 52.6 Å². The molecule has 1 unspecified atom stereocenters. The van der Waals surface area contributed by atoms with E-state index in [9.17, 15) is 19.2 Å². The van der Waals surface area contributed by atoms with Gasteiger partial charge in [0.1, 0.15) is 60.3 Å². The molecule has 15 nitrogen and oxygen atoms in total. The van der Waals surface area contributed by atoms with Gasteiger partial charge in [-0.25, -0.2) is 0 Å². The molecule has 7 aromatic rings. The Bertz CT molecular complexity index is 3080. The Morgan fingerprint density at radius 1 is 0.563 bits per heavy atom. The summed E-state index contributed by atoms with van der Waals surface area (Å²) >= 11 is 0. The second kappa shape index (κ2) is 20.7. The van der Waals surface area contributed by atoms with Crippen LogP contribution in [0.2, 0.25) is 0 Å². The Labute approximate surface area is 407 Å². The summed E-state index contributed by atoms with van der Waals surface area (Å²) in [6.07, 6.45) is -7.85. The maximum atomic E-state index is 15.9. The minimum Gasteiger partial charge on any atom is -0.489 e. The molecule has 1 fully saturated rings. The molecule has 362 valence electrons. The number of benzene rings is 6. The lowest BCUT2D eigenvalue weighted by Crippen LogP contribution is -2.60. The normalized spacial score (nSPS) is 18.7. The standard InChI is InChI=1S/C56H48O15/c1-33(57)62-32-47-52(65-34(2)58)54(66-35(3)59)55(67-36(4)60)53(69-47)49-50(61)48-45(64-31-38-19-11-6-12-20-38)28-42(63-30-37-17-9-5-10-18-37)29-46(48)68-51(49)39-25-26-43-44(27-39)71-56(70-43,40-21-13-7-14-22-40)41-23-15-8-16-24-41/h5-29,47,52-55H,30-32H2,1-4H3/t47-,52-,53?,54+,55+/m1/s1. The number of hydrogen-bond acceptors (Lipinski definition) is 15. The number of rotatable bonds is 15. The number of esters is 4. The van der Waals surface area contributed by atoms with E-state index in [4.69, 9.17) is 47.0 Å². The van der Waals surface area contributed by atoms with Gasteiger partial charge in [0.05, 0.1) is 5.56 Å². The van der Waals surface area contributed by atoms with Gasteiger partial charge in [0.2, 0.25) is 5.43 Å². The van der Waals surface area contributed by atoms with Crippen molar-refractivity contribution in [1.29, 1.82) is 0 Å². The van der Waals surface area contributed by atoms with Crippen LogP contribution in [0.15, 0.2) is 161 Å². The van der Waals surface area contributed by atoms with Crippen LogP contribution in [0.3, 0.4) is 0 Å². The van der Waals surface area contributed by atoms with Gasteiger partial charge in [-0.15, -0.1) is 0 Å². The summed E-state index contributed by atoms with van der Waals surface area (Å²) in [7, 11) is 0. The van der Waals surface area contributed by atoms with Crippen LogP contribution in [-0.4, -0.2) is 54.9 Å². The van der Waals surface area contributed by atoms with E-state index >= 15 is 4.79 Å². The van der Waals surface area contributed by atoms with E-state index in [0.29, 0.717) is 22.6 Å². The summed E-state index contributed by atoms with van der Waals surface area (Å²) in [6.45, 7) is 4.17. The summed E-state index contributed by atoms with van der Waals surface area (Å²) in [5.74, 6) is -3.74. The zero-order chi connectivity index (χ0) is 49.6. The van der Waals surface area contributed by atoms with Gasteiger partial charge < -0.3 is 47.0 Å². The molecule has 3 heterocycles. The lowest BCUT2D eigenvalue weighted by Gasteiger charge is -2.44. The predicted molar refractivity (Wildman–Crippen MR) is 255 cm³/mol. The van der Waals surface area contributed by atoms with Gasteiger partial charge in [-0.1, -0.05) is 121 Å². The van der Waals surface area contributed by atoms with Crippen molar-refractivity contribution >= 4 is 34.8 Å². The fourth-order valence-electron chi connectivity index (χ4n) is 8.74. The summed E-state index contributed by atoms with van der Waals surface area (Å²) in [5.41, 5.74) is 2.44. The lowest BCUT2D eigenvalue weighted by molar-refractivity contribution is -0.254. The second-order valence-electron chi connectivity index (χ2n) is 16.9. The van der Waals surface area contributed by atoms with Gasteiger partial charge >= 0.3 is 29.7 Å². The van der Waals surface area contributed by atoms with Gasteiger partial charge in [-0.3, -0.25) is 24.0 Å². The van der Waals surface area contributed by atoms with Gasteiger partial charge in [0.15, 0.2) is 29.8 Å².